The largest absolute Gasteiger partial charge is 0.444 e. The van der Waals surface area contributed by atoms with Crippen LogP contribution < -0.4 is 5.32 Å². The van der Waals surface area contributed by atoms with Gasteiger partial charge in [0.2, 0.25) is 11.9 Å². The lowest BCUT2D eigenvalue weighted by atomic mass is 10.2. The number of oxime groups is 1. The van der Waals surface area contributed by atoms with E-state index in [-0.39, 0.29) is 0 Å². The number of nitrogens with zero attached hydrogens (tertiary/aromatic N) is 6. The number of anilines is 1. The third-order valence-corrected chi connectivity index (χ3v) is 3.72. The minimum absolute atomic E-state index is 0.303. The maximum atomic E-state index is 12.1. The SMILES string of the molecule is Cn1nnnc1C(O/N=C\c1ccccc1)c1cccc(NC(=O)OC(C)(C)C)n1. The van der Waals surface area contributed by atoms with Crippen molar-refractivity contribution in [2.24, 2.45) is 12.2 Å². The molecule has 156 valence electrons. The second kappa shape index (κ2) is 9.12. The van der Waals surface area contributed by atoms with Gasteiger partial charge in [0.1, 0.15) is 11.4 Å². The monoisotopic (exact) mass is 409 g/mol. The summed E-state index contributed by atoms with van der Waals surface area (Å²) >= 11 is 0. The van der Waals surface area contributed by atoms with Crippen LogP contribution in [0.5, 0.6) is 0 Å². The number of pyridine rings is 1. The molecule has 0 aliphatic heterocycles. The number of nitrogens with one attached hydrogen (secondary N) is 1. The van der Waals surface area contributed by atoms with Gasteiger partial charge in [0, 0.05) is 7.05 Å². The predicted molar refractivity (Wildman–Crippen MR) is 110 cm³/mol. The summed E-state index contributed by atoms with van der Waals surface area (Å²) in [4.78, 5) is 22.2. The lowest BCUT2D eigenvalue weighted by Gasteiger charge is -2.19. The molecule has 2 aromatic heterocycles. The van der Waals surface area contributed by atoms with E-state index in [9.17, 15) is 4.79 Å². The molecule has 0 spiro atoms. The Hall–Kier alpha value is -3.82. The molecule has 0 aliphatic carbocycles. The van der Waals surface area contributed by atoms with E-state index in [0.29, 0.717) is 17.3 Å². The third-order valence-electron chi connectivity index (χ3n) is 3.72. The average molecular weight is 409 g/mol. The van der Waals surface area contributed by atoms with E-state index in [0.717, 1.165) is 5.56 Å². The lowest BCUT2D eigenvalue weighted by Crippen LogP contribution is -2.27. The van der Waals surface area contributed by atoms with Crippen molar-refractivity contribution in [1.82, 2.24) is 25.2 Å². The van der Waals surface area contributed by atoms with E-state index in [4.69, 9.17) is 9.57 Å². The second-order valence-corrected chi connectivity index (χ2v) is 7.37. The van der Waals surface area contributed by atoms with Crippen molar-refractivity contribution in [2.45, 2.75) is 32.5 Å². The normalized spacial score (nSPS) is 12.5. The summed E-state index contributed by atoms with van der Waals surface area (Å²) in [6.07, 6.45) is 0.192. The smallest absolute Gasteiger partial charge is 0.413 e. The molecule has 1 aromatic carbocycles. The highest BCUT2D eigenvalue weighted by molar-refractivity contribution is 5.83. The zero-order chi connectivity index (χ0) is 21.6. The molecule has 1 amide bonds. The summed E-state index contributed by atoms with van der Waals surface area (Å²) < 4.78 is 6.74. The topological polar surface area (TPSA) is 116 Å². The van der Waals surface area contributed by atoms with E-state index in [2.05, 4.69) is 31.0 Å². The Balaban J connectivity index is 1.82. The summed E-state index contributed by atoms with van der Waals surface area (Å²) in [6, 6.07) is 14.6. The van der Waals surface area contributed by atoms with Gasteiger partial charge in [-0.1, -0.05) is 41.6 Å². The van der Waals surface area contributed by atoms with Crippen LogP contribution >= 0.6 is 0 Å². The van der Waals surface area contributed by atoms with Crippen molar-refractivity contribution in [1.29, 1.82) is 0 Å². The molecule has 0 bridgehead atoms. The number of ether oxygens (including phenoxy) is 1. The van der Waals surface area contributed by atoms with Crippen LogP contribution in [0.1, 0.15) is 44.0 Å². The molecule has 0 aliphatic rings. The fourth-order valence-electron chi connectivity index (χ4n) is 2.46. The van der Waals surface area contributed by atoms with Gasteiger partial charge in [-0.05, 0) is 48.9 Å². The predicted octanol–water partition coefficient (Wildman–Crippen LogP) is 3.09. The number of rotatable bonds is 6. The highest BCUT2D eigenvalue weighted by Gasteiger charge is 2.24. The Morgan fingerprint density at radius 2 is 1.93 bits per heavy atom. The number of carbonyl (C=O) groups excluding carboxylic acids is 1. The Morgan fingerprint density at radius 3 is 2.60 bits per heavy atom. The molecule has 2 heterocycles. The molecular formula is C20H23N7O3. The summed E-state index contributed by atoms with van der Waals surface area (Å²) in [7, 11) is 1.69. The first-order valence-corrected chi connectivity index (χ1v) is 9.25. The van der Waals surface area contributed by atoms with Crippen molar-refractivity contribution in [3.8, 4) is 0 Å². The molecule has 1 unspecified atom stereocenters. The van der Waals surface area contributed by atoms with E-state index >= 15 is 0 Å². The molecule has 3 rings (SSSR count). The van der Waals surface area contributed by atoms with E-state index in [1.165, 1.54) is 4.68 Å². The number of aromatic nitrogens is 5. The molecule has 0 saturated heterocycles. The van der Waals surface area contributed by atoms with Gasteiger partial charge in [0.25, 0.3) is 0 Å². The minimum Gasteiger partial charge on any atom is -0.444 e. The summed E-state index contributed by atoms with van der Waals surface area (Å²) in [5, 5.41) is 18.2. The Labute approximate surface area is 173 Å². The number of benzene rings is 1. The van der Waals surface area contributed by atoms with Crippen LogP contribution in [0.15, 0.2) is 53.7 Å². The Morgan fingerprint density at radius 1 is 1.17 bits per heavy atom. The van der Waals surface area contributed by atoms with Crippen molar-refractivity contribution < 1.29 is 14.4 Å². The van der Waals surface area contributed by atoms with Crippen LogP contribution in [0, 0.1) is 0 Å². The number of hydrogen-bond acceptors (Lipinski definition) is 8. The van der Waals surface area contributed by atoms with Crippen LogP contribution in [-0.2, 0) is 16.6 Å². The van der Waals surface area contributed by atoms with Crippen LogP contribution in [0.2, 0.25) is 0 Å². The summed E-state index contributed by atoms with van der Waals surface area (Å²) in [6.45, 7) is 5.35. The quantitative estimate of drug-likeness (QED) is 0.491. The van der Waals surface area contributed by atoms with E-state index in [1.54, 1.807) is 52.2 Å². The maximum Gasteiger partial charge on any atom is 0.413 e. The van der Waals surface area contributed by atoms with Crippen LogP contribution in [0.4, 0.5) is 10.6 Å². The lowest BCUT2D eigenvalue weighted by molar-refractivity contribution is 0.0634. The average Bonchev–Trinajstić information content (AvgIpc) is 3.10. The Kier molecular flexibility index (Phi) is 6.35. The molecule has 1 N–H and O–H groups in total. The summed E-state index contributed by atoms with van der Waals surface area (Å²) in [5.74, 6) is 0.708. The highest BCUT2D eigenvalue weighted by Crippen LogP contribution is 2.24. The second-order valence-electron chi connectivity index (χ2n) is 7.37. The first-order valence-electron chi connectivity index (χ1n) is 9.25. The molecule has 10 heteroatoms. The molecule has 0 radical (unpaired) electrons. The zero-order valence-corrected chi connectivity index (χ0v) is 17.2. The highest BCUT2D eigenvalue weighted by atomic mass is 16.6. The number of aryl methyl sites for hydroxylation is 1. The van der Waals surface area contributed by atoms with Crippen LogP contribution in [0.3, 0.4) is 0 Å². The molecule has 1 atom stereocenters. The molecular weight excluding hydrogens is 386 g/mol. The van der Waals surface area contributed by atoms with Gasteiger partial charge >= 0.3 is 6.09 Å². The molecule has 10 nitrogen and oxygen atoms in total. The van der Waals surface area contributed by atoms with E-state index < -0.39 is 17.8 Å². The standard InChI is InChI=1S/C20H23N7O3/c1-20(2,3)29-19(28)23-16-12-8-11-15(22-16)17(18-24-25-26-27(18)4)30-21-13-14-9-6-5-7-10-14/h5-13,17H,1-4H3,(H,22,23,28)/b21-13-. The number of carbonyl (C=O) groups is 1. The molecule has 30 heavy (non-hydrogen) atoms. The molecule has 0 saturated carbocycles. The van der Waals surface area contributed by atoms with Gasteiger partial charge < -0.3 is 9.57 Å². The van der Waals surface area contributed by atoms with Crippen molar-refractivity contribution in [2.75, 3.05) is 5.32 Å². The van der Waals surface area contributed by atoms with Gasteiger partial charge in [0.05, 0.1) is 11.9 Å². The number of amides is 1. The first-order chi connectivity index (χ1) is 14.3. The van der Waals surface area contributed by atoms with E-state index in [1.807, 2.05) is 30.3 Å². The Bertz CT molecular complexity index is 1010. The molecule has 3 aromatic rings. The maximum absolute atomic E-state index is 12.1. The van der Waals surface area contributed by atoms with Gasteiger partial charge in [-0.2, -0.15) is 0 Å². The fourth-order valence-corrected chi connectivity index (χ4v) is 2.46. The molecule has 0 fully saturated rings. The van der Waals surface area contributed by atoms with Crippen molar-refractivity contribution >= 4 is 18.1 Å². The fraction of sp³-hybridized carbons (Fsp3) is 0.300. The zero-order valence-electron chi connectivity index (χ0n) is 17.2. The van der Waals surface area contributed by atoms with Crippen LogP contribution in [-0.4, -0.2) is 43.1 Å². The van der Waals surface area contributed by atoms with Crippen LogP contribution in [0.25, 0.3) is 0 Å². The summed E-state index contributed by atoms with van der Waals surface area (Å²) in [5.41, 5.74) is 0.719. The van der Waals surface area contributed by atoms with Gasteiger partial charge in [-0.3, -0.25) is 5.32 Å². The number of tetrazole rings is 1. The number of hydrogen-bond donors (Lipinski definition) is 1. The third kappa shape index (κ3) is 5.84. The van der Waals surface area contributed by atoms with Gasteiger partial charge in [0.15, 0.2) is 0 Å². The van der Waals surface area contributed by atoms with Gasteiger partial charge in [-0.15, -0.1) is 5.10 Å². The first kappa shape index (κ1) is 20.9. The van der Waals surface area contributed by atoms with Crippen molar-refractivity contribution in [3.63, 3.8) is 0 Å². The minimum atomic E-state index is -0.787. The van der Waals surface area contributed by atoms with Gasteiger partial charge in [-0.25, -0.2) is 14.5 Å². The van der Waals surface area contributed by atoms with Crippen molar-refractivity contribution in [3.05, 3.63) is 65.6 Å².